The van der Waals surface area contributed by atoms with E-state index in [0.717, 1.165) is 5.56 Å². The lowest BCUT2D eigenvalue weighted by Crippen LogP contribution is -2.14. The first kappa shape index (κ1) is 11.2. The maximum absolute atomic E-state index is 11.2. The van der Waals surface area contributed by atoms with Crippen LogP contribution in [0.2, 0.25) is 0 Å². The fraction of sp³-hybridized carbons (Fsp3) is 0.0909. The fourth-order valence-electron chi connectivity index (χ4n) is 1.89. The number of amides is 1. The highest BCUT2D eigenvalue weighted by atomic mass is 16.1. The molecule has 8 heteroatoms. The summed E-state index contributed by atoms with van der Waals surface area (Å²) < 4.78 is 3.06. The molecule has 0 unspecified atom stereocenters. The number of carbonyl (C=O) groups is 1. The van der Waals surface area contributed by atoms with Crippen molar-refractivity contribution in [3.05, 3.63) is 35.9 Å². The van der Waals surface area contributed by atoms with Crippen LogP contribution in [-0.2, 0) is 0 Å². The number of aryl methyl sites for hydroxylation is 1. The third kappa shape index (κ3) is 1.69. The number of primary amides is 1. The van der Waals surface area contributed by atoms with Crippen molar-refractivity contribution < 1.29 is 4.79 Å². The molecule has 0 fully saturated rings. The van der Waals surface area contributed by atoms with Crippen LogP contribution in [0.4, 0.5) is 5.69 Å². The van der Waals surface area contributed by atoms with Crippen LogP contribution >= 0.6 is 0 Å². The molecule has 0 aliphatic heterocycles. The van der Waals surface area contributed by atoms with E-state index in [-0.39, 0.29) is 11.4 Å². The number of nitrogens with two attached hydrogens (primary N) is 2. The summed E-state index contributed by atoms with van der Waals surface area (Å²) in [6, 6.07) is 3.75. The van der Waals surface area contributed by atoms with Crippen LogP contribution < -0.4 is 11.5 Å². The molecule has 4 N–H and O–H groups in total. The summed E-state index contributed by atoms with van der Waals surface area (Å²) in [5.41, 5.74) is 12.8. The lowest BCUT2D eigenvalue weighted by atomic mass is 10.3. The van der Waals surface area contributed by atoms with Gasteiger partial charge in [0, 0.05) is 0 Å². The highest BCUT2D eigenvalue weighted by molar-refractivity contribution is 5.95. The minimum atomic E-state index is -0.668. The van der Waals surface area contributed by atoms with Crippen molar-refractivity contribution >= 4 is 17.2 Å². The second-order valence-corrected chi connectivity index (χ2v) is 4.16. The SMILES string of the molecule is Cc1cc(-n2cc(N)c(C(N)=O)n2)n2ncnc2c1. The Kier molecular flexibility index (Phi) is 2.24. The molecule has 0 aromatic carbocycles. The van der Waals surface area contributed by atoms with Crippen LogP contribution in [0.3, 0.4) is 0 Å². The Morgan fingerprint density at radius 3 is 2.84 bits per heavy atom. The molecule has 0 radical (unpaired) electrons. The highest BCUT2D eigenvalue weighted by Gasteiger charge is 2.14. The van der Waals surface area contributed by atoms with Crippen molar-refractivity contribution in [2.24, 2.45) is 5.73 Å². The van der Waals surface area contributed by atoms with Crippen molar-refractivity contribution in [1.82, 2.24) is 24.4 Å². The normalized spacial score (nSPS) is 11.0. The topological polar surface area (TPSA) is 117 Å². The number of aromatic nitrogens is 5. The van der Waals surface area contributed by atoms with Gasteiger partial charge >= 0.3 is 0 Å². The van der Waals surface area contributed by atoms with Gasteiger partial charge < -0.3 is 11.5 Å². The number of hydrogen-bond donors (Lipinski definition) is 2. The van der Waals surface area contributed by atoms with Crippen molar-refractivity contribution in [1.29, 1.82) is 0 Å². The Labute approximate surface area is 107 Å². The lowest BCUT2D eigenvalue weighted by molar-refractivity contribution is 0.0996. The molecule has 1 amide bonds. The van der Waals surface area contributed by atoms with Crippen LogP contribution in [0.25, 0.3) is 11.5 Å². The maximum Gasteiger partial charge on any atom is 0.271 e. The predicted octanol–water partition coefficient (Wildman–Crippen LogP) is -0.0955. The Morgan fingerprint density at radius 1 is 1.37 bits per heavy atom. The smallest absolute Gasteiger partial charge is 0.271 e. The first-order valence-corrected chi connectivity index (χ1v) is 5.52. The zero-order valence-corrected chi connectivity index (χ0v) is 10.1. The van der Waals surface area contributed by atoms with E-state index >= 15 is 0 Å². The zero-order valence-electron chi connectivity index (χ0n) is 10.1. The van der Waals surface area contributed by atoms with Gasteiger partial charge in [-0.15, -0.1) is 0 Å². The number of anilines is 1. The fourth-order valence-corrected chi connectivity index (χ4v) is 1.89. The van der Waals surface area contributed by atoms with Crippen molar-refractivity contribution in [2.45, 2.75) is 6.92 Å². The molecule has 0 saturated heterocycles. The summed E-state index contributed by atoms with van der Waals surface area (Å²) in [6.45, 7) is 1.93. The average Bonchev–Trinajstić information content (AvgIpc) is 2.93. The summed E-state index contributed by atoms with van der Waals surface area (Å²) in [6.07, 6.45) is 2.97. The van der Waals surface area contributed by atoms with Gasteiger partial charge in [0.05, 0.1) is 11.9 Å². The molecule has 0 bridgehead atoms. The van der Waals surface area contributed by atoms with Crippen LogP contribution in [0.1, 0.15) is 16.1 Å². The van der Waals surface area contributed by atoms with Gasteiger partial charge in [0.1, 0.15) is 6.33 Å². The minimum absolute atomic E-state index is 0.0368. The Hall–Kier alpha value is -2.90. The van der Waals surface area contributed by atoms with Gasteiger partial charge in [-0.25, -0.2) is 9.67 Å². The molecule has 0 spiro atoms. The molecule has 3 aromatic rings. The summed E-state index contributed by atoms with van der Waals surface area (Å²) in [5.74, 6) is -0.0366. The number of carbonyl (C=O) groups excluding carboxylic acids is 1. The van der Waals surface area contributed by atoms with Gasteiger partial charge in [-0.1, -0.05) is 0 Å². The van der Waals surface area contributed by atoms with Gasteiger partial charge in [0.25, 0.3) is 5.91 Å². The number of nitrogen functional groups attached to an aromatic ring is 1. The predicted molar refractivity (Wildman–Crippen MR) is 67.8 cm³/mol. The highest BCUT2D eigenvalue weighted by Crippen LogP contribution is 2.16. The van der Waals surface area contributed by atoms with E-state index in [9.17, 15) is 4.79 Å². The quantitative estimate of drug-likeness (QED) is 0.665. The van der Waals surface area contributed by atoms with Gasteiger partial charge in [0.2, 0.25) is 0 Å². The molecule has 3 rings (SSSR count). The average molecular weight is 257 g/mol. The lowest BCUT2D eigenvalue weighted by Gasteiger charge is -2.05. The van der Waals surface area contributed by atoms with E-state index in [4.69, 9.17) is 11.5 Å². The van der Waals surface area contributed by atoms with E-state index in [1.165, 1.54) is 17.2 Å². The van der Waals surface area contributed by atoms with Crippen LogP contribution in [0.15, 0.2) is 24.7 Å². The Balaban J connectivity index is 2.26. The molecular weight excluding hydrogens is 246 g/mol. The van der Waals surface area contributed by atoms with Crippen LogP contribution in [-0.4, -0.2) is 30.3 Å². The Bertz CT molecular complexity index is 786. The second-order valence-electron chi connectivity index (χ2n) is 4.16. The van der Waals surface area contributed by atoms with Gasteiger partial charge in [-0.3, -0.25) is 4.79 Å². The van der Waals surface area contributed by atoms with Crippen LogP contribution in [0, 0.1) is 6.92 Å². The largest absolute Gasteiger partial charge is 0.396 e. The number of pyridine rings is 1. The molecule has 0 atom stereocenters. The summed E-state index contributed by atoms with van der Waals surface area (Å²) >= 11 is 0. The zero-order chi connectivity index (χ0) is 13.6. The molecule has 0 aliphatic carbocycles. The first-order chi connectivity index (χ1) is 9.06. The van der Waals surface area contributed by atoms with Gasteiger partial charge in [-0.05, 0) is 24.6 Å². The molecule has 3 aromatic heterocycles. The van der Waals surface area contributed by atoms with Gasteiger partial charge in [0.15, 0.2) is 17.2 Å². The Morgan fingerprint density at radius 2 is 2.16 bits per heavy atom. The molecule has 19 heavy (non-hydrogen) atoms. The minimum Gasteiger partial charge on any atom is -0.396 e. The first-order valence-electron chi connectivity index (χ1n) is 5.52. The van der Waals surface area contributed by atoms with E-state index in [2.05, 4.69) is 15.2 Å². The van der Waals surface area contributed by atoms with Crippen molar-refractivity contribution in [3.8, 4) is 5.82 Å². The van der Waals surface area contributed by atoms with E-state index in [0.29, 0.717) is 11.5 Å². The number of nitrogens with zero attached hydrogens (tertiary/aromatic N) is 5. The van der Waals surface area contributed by atoms with E-state index in [1.807, 2.05) is 19.1 Å². The summed E-state index contributed by atoms with van der Waals surface area (Å²) in [4.78, 5) is 15.3. The molecule has 0 aliphatic rings. The van der Waals surface area contributed by atoms with Crippen molar-refractivity contribution in [3.63, 3.8) is 0 Å². The third-order valence-corrected chi connectivity index (χ3v) is 2.72. The number of rotatable bonds is 2. The molecule has 0 saturated carbocycles. The number of fused-ring (bicyclic) bond motifs is 1. The maximum atomic E-state index is 11.2. The third-order valence-electron chi connectivity index (χ3n) is 2.72. The van der Waals surface area contributed by atoms with E-state index < -0.39 is 5.91 Å². The summed E-state index contributed by atoms with van der Waals surface area (Å²) in [5, 5.41) is 8.19. The molecular formula is C11H11N7O. The van der Waals surface area contributed by atoms with Crippen molar-refractivity contribution in [2.75, 3.05) is 5.73 Å². The molecule has 96 valence electrons. The van der Waals surface area contributed by atoms with Gasteiger partial charge in [-0.2, -0.15) is 14.7 Å². The standard InChI is InChI=1S/C11H11N7O/c1-6-2-8-14-5-15-18(8)9(3-6)17-4-7(12)10(16-17)11(13)19/h2-5H,12H2,1H3,(H2,13,19). The number of hydrogen-bond acceptors (Lipinski definition) is 5. The second kappa shape index (κ2) is 3.80. The van der Waals surface area contributed by atoms with Crippen LogP contribution in [0.5, 0.6) is 0 Å². The van der Waals surface area contributed by atoms with E-state index in [1.54, 1.807) is 4.52 Å². The monoisotopic (exact) mass is 257 g/mol. The summed E-state index contributed by atoms with van der Waals surface area (Å²) in [7, 11) is 0. The molecule has 8 nitrogen and oxygen atoms in total. The molecule has 3 heterocycles.